The predicted octanol–water partition coefficient (Wildman–Crippen LogP) is 0.619. The van der Waals surface area contributed by atoms with Crippen LogP contribution in [0, 0.1) is 0 Å². The highest BCUT2D eigenvalue weighted by Gasteiger charge is 2.23. The Kier molecular flexibility index (Phi) is 7.22. The predicted molar refractivity (Wildman–Crippen MR) is 95.5 cm³/mol. The molecule has 1 unspecified atom stereocenters. The van der Waals surface area contributed by atoms with Crippen LogP contribution in [0.1, 0.15) is 18.0 Å². The van der Waals surface area contributed by atoms with Crippen LogP contribution in [0.3, 0.4) is 0 Å². The molecule has 1 N–H and O–H groups in total. The molecule has 0 bridgehead atoms. The van der Waals surface area contributed by atoms with Gasteiger partial charge in [0.25, 0.3) is 0 Å². The van der Waals surface area contributed by atoms with Gasteiger partial charge in [-0.25, -0.2) is 8.42 Å². The summed E-state index contributed by atoms with van der Waals surface area (Å²) in [6, 6.07) is 7.76. The lowest BCUT2D eigenvalue weighted by molar-refractivity contribution is -0.121. The van der Waals surface area contributed by atoms with E-state index in [1.165, 1.54) is 0 Å². The average molecular weight is 370 g/mol. The molecule has 1 aliphatic rings. The number of carbonyl (C=O) groups excluding carboxylic acids is 1. The minimum Gasteiger partial charge on any atom is -0.497 e. The third-order valence-corrected chi connectivity index (χ3v) is 5.10. The highest BCUT2D eigenvalue weighted by molar-refractivity contribution is 7.90. The molecule has 1 aromatic carbocycles. The highest BCUT2D eigenvalue weighted by Crippen LogP contribution is 2.24. The Morgan fingerprint density at radius 3 is 2.72 bits per heavy atom. The van der Waals surface area contributed by atoms with E-state index in [1.807, 2.05) is 24.3 Å². The van der Waals surface area contributed by atoms with Crippen molar-refractivity contribution in [2.24, 2.45) is 0 Å². The van der Waals surface area contributed by atoms with Crippen molar-refractivity contribution in [3.05, 3.63) is 29.8 Å². The first-order valence-electron chi connectivity index (χ1n) is 8.29. The van der Waals surface area contributed by atoms with Crippen molar-refractivity contribution in [3.63, 3.8) is 0 Å². The van der Waals surface area contributed by atoms with Gasteiger partial charge in [0, 0.05) is 32.3 Å². The Bertz CT molecular complexity index is 671. The molecule has 0 aliphatic carbocycles. The Balaban J connectivity index is 2.05. The van der Waals surface area contributed by atoms with Gasteiger partial charge in [-0.3, -0.25) is 9.69 Å². The number of nitrogens with zero attached hydrogens (tertiary/aromatic N) is 1. The van der Waals surface area contributed by atoms with Crippen LogP contribution in [-0.2, 0) is 19.4 Å². The van der Waals surface area contributed by atoms with Crippen LogP contribution in [0.5, 0.6) is 5.75 Å². The van der Waals surface area contributed by atoms with Crippen LogP contribution < -0.4 is 10.1 Å². The quantitative estimate of drug-likeness (QED) is 0.722. The minimum atomic E-state index is -3.14. The maximum atomic E-state index is 12.0. The summed E-state index contributed by atoms with van der Waals surface area (Å²) in [5.41, 5.74) is 1.05. The van der Waals surface area contributed by atoms with Gasteiger partial charge in [0.1, 0.15) is 15.6 Å². The lowest BCUT2D eigenvalue weighted by Crippen LogP contribution is -2.44. The minimum absolute atomic E-state index is 0.0128. The molecular weight excluding hydrogens is 344 g/mol. The smallest absolute Gasteiger partial charge is 0.221 e. The topological polar surface area (TPSA) is 84.9 Å². The second kappa shape index (κ2) is 9.17. The normalized spacial score (nSPS) is 17.0. The lowest BCUT2D eigenvalue weighted by Gasteiger charge is -2.35. The molecule has 1 aromatic rings. The van der Waals surface area contributed by atoms with E-state index in [2.05, 4.69) is 10.2 Å². The van der Waals surface area contributed by atoms with Crippen LogP contribution in [-0.4, -0.2) is 71.2 Å². The lowest BCUT2D eigenvalue weighted by atomic mass is 10.0. The standard InChI is InChI=1S/C17H26N2O5S/c1-23-15-5-3-4-14(12-15)16(19-7-9-24-10-8-19)13-18-17(20)6-11-25(2,21)22/h3-5,12,16H,6-11,13H2,1-2H3,(H,18,20). The largest absolute Gasteiger partial charge is 0.497 e. The summed E-state index contributed by atoms with van der Waals surface area (Å²) in [6.07, 6.45) is 1.11. The fourth-order valence-corrected chi connectivity index (χ4v) is 3.33. The van der Waals surface area contributed by atoms with Gasteiger partial charge in [0.2, 0.25) is 5.91 Å². The van der Waals surface area contributed by atoms with E-state index < -0.39 is 9.84 Å². The molecule has 1 amide bonds. The van der Waals surface area contributed by atoms with Gasteiger partial charge in [-0.1, -0.05) is 12.1 Å². The summed E-state index contributed by atoms with van der Waals surface area (Å²) in [5, 5.41) is 2.86. The van der Waals surface area contributed by atoms with E-state index in [-0.39, 0.29) is 24.1 Å². The van der Waals surface area contributed by atoms with Gasteiger partial charge in [-0.2, -0.15) is 0 Å². The van der Waals surface area contributed by atoms with E-state index in [0.717, 1.165) is 30.7 Å². The van der Waals surface area contributed by atoms with E-state index in [4.69, 9.17) is 9.47 Å². The zero-order valence-corrected chi connectivity index (χ0v) is 15.5. The van der Waals surface area contributed by atoms with Crippen LogP contribution in [0.2, 0.25) is 0 Å². The maximum absolute atomic E-state index is 12.0. The summed E-state index contributed by atoms with van der Waals surface area (Å²) in [4.78, 5) is 14.2. The summed E-state index contributed by atoms with van der Waals surface area (Å²) < 4.78 is 33.1. The van der Waals surface area contributed by atoms with E-state index in [0.29, 0.717) is 19.8 Å². The van der Waals surface area contributed by atoms with Crippen molar-refractivity contribution >= 4 is 15.7 Å². The molecular formula is C17H26N2O5S. The number of benzene rings is 1. The van der Waals surface area contributed by atoms with Gasteiger partial charge in [-0.05, 0) is 17.7 Å². The molecule has 2 rings (SSSR count). The van der Waals surface area contributed by atoms with Crippen molar-refractivity contribution in [1.82, 2.24) is 10.2 Å². The molecule has 1 aliphatic heterocycles. The Morgan fingerprint density at radius 2 is 2.08 bits per heavy atom. The molecule has 0 radical (unpaired) electrons. The second-order valence-corrected chi connectivity index (χ2v) is 8.38. The molecule has 1 fully saturated rings. The first kappa shape index (κ1) is 19.7. The SMILES string of the molecule is COc1cccc(C(CNC(=O)CCS(C)(=O)=O)N2CCOCC2)c1. The summed E-state index contributed by atoms with van der Waals surface area (Å²) in [5.74, 6) is 0.367. The van der Waals surface area contributed by atoms with Crippen molar-refractivity contribution in [1.29, 1.82) is 0 Å². The Morgan fingerprint density at radius 1 is 1.36 bits per heavy atom. The van der Waals surface area contributed by atoms with E-state index >= 15 is 0 Å². The van der Waals surface area contributed by atoms with Crippen molar-refractivity contribution in [2.45, 2.75) is 12.5 Å². The van der Waals surface area contributed by atoms with Crippen molar-refractivity contribution in [3.8, 4) is 5.75 Å². The highest BCUT2D eigenvalue weighted by atomic mass is 32.2. The van der Waals surface area contributed by atoms with Gasteiger partial charge < -0.3 is 14.8 Å². The molecule has 1 atom stereocenters. The van der Waals surface area contributed by atoms with Crippen molar-refractivity contribution in [2.75, 3.05) is 52.0 Å². The first-order valence-corrected chi connectivity index (χ1v) is 10.4. The van der Waals surface area contributed by atoms with Crippen LogP contribution in [0.15, 0.2) is 24.3 Å². The number of sulfone groups is 1. The Labute approximate surface area is 149 Å². The second-order valence-electron chi connectivity index (χ2n) is 6.12. The molecule has 25 heavy (non-hydrogen) atoms. The number of amides is 1. The first-order chi connectivity index (χ1) is 11.9. The molecule has 0 saturated carbocycles. The summed E-state index contributed by atoms with van der Waals surface area (Å²) in [6.45, 7) is 3.28. The number of rotatable bonds is 8. The number of morpholine rings is 1. The van der Waals surface area contributed by atoms with Crippen LogP contribution in [0.4, 0.5) is 0 Å². The van der Waals surface area contributed by atoms with E-state index in [9.17, 15) is 13.2 Å². The molecule has 140 valence electrons. The van der Waals surface area contributed by atoms with Gasteiger partial charge in [0.05, 0.1) is 32.1 Å². The summed E-state index contributed by atoms with van der Waals surface area (Å²) >= 11 is 0. The fourth-order valence-electron chi connectivity index (χ4n) is 2.77. The molecule has 1 heterocycles. The fraction of sp³-hybridized carbons (Fsp3) is 0.588. The van der Waals surface area contributed by atoms with Crippen LogP contribution in [0.25, 0.3) is 0 Å². The number of methoxy groups -OCH3 is 1. The molecule has 0 spiro atoms. The number of hydrogen-bond donors (Lipinski definition) is 1. The zero-order valence-electron chi connectivity index (χ0n) is 14.7. The number of carbonyl (C=O) groups is 1. The Hall–Kier alpha value is -1.64. The zero-order chi connectivity index (χ0) is 18.3. The molecule has 7 nitrogen and oxygen atoms in total. The molecule has 1 saturated heterocycles. The number of hydrogen-bond acceptors (Lipinski definition) is 6. The number of ether oxygens (including phenoxy) is 2. The van der Waals surface area contributed by atoms with Gasteiger partial charge in [-0.15, -0.1) is 0 Å². The van der Waals surface area contributed by atoms with Gasteiger partial charge in [0.15, 0.2) is 0 Å². The number of nitrogens with one attached hydrogen (secondary N) is 1. The third-order valence-electron chi connectivity index (χ3n) is 4.16. The maximum Gasteiger partial charge on any atom is 0.221 e. The van der Waals surface area contributed by atoms with Crippen molar-refractivity contribution < 1.29 is 22.7 Å². The van der Waals surface area contributed by atoms with E-state index in [1.54, 1.807) is 7.11 Å². The van der Waals surface area contributed by atoms with Gasteiger partial charge >= 0.3 is 0 Å². The van der Waals surface area contributed by atoms with Crippen LogP contribution >= 0.6 is 0 Å². The molecule has 0 aromatic heterocycles. The summed E-state index contributed by atoms with van der Waals surface area (Å²) in [7, 11) is -1.52. The third kappa shape index (κ3) is 6.64. The monoisotopic (exact) mass is 370 g/mol. The average Bonchev–Trinajstić information content (AvgIpc) is 2.60. The molecule has 8 heteroatoms.